The van der Waals surface area contributed by atoms with Crippen molar-refractivity contribution in [2.24, 2.45) is 0 Å². The number of hydrogen-bond donors (Lipinski definition) is 1. The zero-order chi connectivity index (χ0) is 15.7. The van der Waals surface area contributed by atoms with Crippen LogP contribution in [-0.2, 0) is 4.79 Å². The number of thiazole rings is 1. The summed E-state index contributed by atoms with van der Waals surface area (Å²) in [6.45, 7) is 6.04. The molecule has 0 spiro atoms. The molecular formula is C14H14N4OS3. The van der Waals surface area contributed by atoms with Crippen LogP contribution in [0.4, 0.5) is 5.00 Å². The molecule has 0 aliphatic heterocycles. The van der Waals surface area contributed by atoms with Crippen molar-refractivity contribution in [3.05, 3.63) is 28.0 Å². The fraction of sp³-hybridized carbons (Fsp3) is 0.286. The second-order valence-corrected chi connectivity index (χ2v) is 7.80. The molecule has 3 heterocycles. The highest BCUT2D eigenvalue weighted by atomic mass is 32.2. The van der Waals surface area contributed by atoms with Gasteiger partial charge in [-0.05, 0) is 26.3 Å². The molecule has 22 heavy (non-hydrogen) atoms. The first-order valence-corrected chi connectivity index (χ1v) is 9.28. The first-order valence-electron chi connectivity index (χ1n) is 6.60. The standard InChI is InChI=1S/C14H14N4OS3/c1-7-8(2)22-14-12(7)13(16-9(3)17-14)20-5-10(19)18-11-4-15-6-21-11/h4,6H,5H2,1-3H3,(H,18,19). The zero-order valence-corrected chi connectivity index (χ0v) is 14.8. The Hall–Kier alpha value is -1.51. The molecule has 0 fully saturated rings. The fourth-order valence-corrected chi connectivity index (χ4v) is 4.60. The van der Waals surface area contributed by atoms with Crippen LogP contribution in [0.25, 0.3) is 10.2 Å². The molecule has 0 saturated heterocycles. The number of thiophene rings is 1. The SMILES string of the molecule is Cc1nc(SCC(=O)Nc2cncs2)c2c(C)c(C)sc2n1. The van der Waals surface area contributed by atoms with E-state index in [0.717, 1.165) is 26.1 Å². The number of carbonyl (C=O) groups excluding carboxylic acids is 1. The van der Waals surface area contributed by atoms with Crippen LogP contribution in [0.1, 0.15) is 16.3 Å². The number of anilines is 1. The van der Waals surface area contributed by atoms with Gasteiger partial charge in [0.25, 0.3) is 0 Å². The second-order valence-electron chi connectivity index (χ2n) is 4.74. The Morgan fingerprint density at radius 3 is 2.86 bits per heavy atom. The average Bonchev–Trinajstić information content (AvgIpc) is 3.05. The monoisotopic (exact) mass is 350 g/mol. The molecule has 114 valence electrons. The summed E-state index contributed by atoms with van der Waals surface area (Å²) >= 11 is 4.53. The summed E-state index contributed by atoms with van der Waals surface area (Å²) in [5.41, 5.74) is 2.89. The van der Waals surface area contributed by atoms with E-state index in [0.29, 0.717) is 5.75 Å². The van der Waals surface area contributed by atoms with Crippen molar-refractivity contribution in [2.45, 2.75) is 25.8 Å². The van der Waals surface area contributed by atoms with Crippen LogP contribution in [0.5, 0.6) is 0 Å². The molecule has 0 aliphatic rings. The Balaban J connectivity index is 1.80. The number of nitrogens with one attached hydrogen (secondary N) is 1. The molecule has 3 rings (SSSR count). The van der Waals surface area contributed by atoms with E-state index < -0.39 is 0 Å². The van der Waals surface area contributed by atoms with Gasteiger partial charge < -0.3 is 5.32 Å². The van der Waals surface area contributed by atoms with Crippen LogP contribution in [0, 0.1) is 20.8 Å². The zero-order valence-electron chi connectivity index (χ0n) is 12.3. The maximum atomic E-state index is 12.0. The van der Waals surface area contributed by atoms with Gasteiger partial charge in [-0.1, -0.05) is 11.8 Å². The number of carbonyl (C=O) groups is 1. The molecule has 0 radical (unpaired) electrons. The maximum Gasteiger partial charge on any atom is 0.235 e. The van der Waals surface area contributed by atoms with Crippen LogP contribution in [0.3, 0.4) is 0 Å². The van der Waals surface area contributed by atoms with Gasteiger partial charge in [-0.15, -0.1) is 22.7 Å². The molecule has 0 unspecified atom stereocenters. The largest absolute Gasteiger partial charge is 0.316 e. The highest BCUT2D eigenvalue weighted by molar-refractivity contribution is 8.00. The quantitative estimate of drug-likeness (QED) is 0.572. The summed E-state index contributed by atoms with van der Waals surface area (Å²) in [4.78, 5) is 27.2. The van der Waals surface area contributed by atoms with Crippen molar-refractivity contribution in [1.82, 2.24) is 15.0 Å². The predicted octanol–water partition coefficient (Wildman–Crippen LogP) is 3.80. The maximum absolute atomic E-state index is 12.0. The lowest BCUT2D eigenvalue weighted by atomic mass is 10.2. The second kappa shape index (κ2) is 6.31. The minimum absolute atomic E-state index is 0.0525. The highest BCUT2D eigenvalue weighted by Gasteiger charge is 2.15. The van der Waals surface area contributed by atoms with Crippen molar-refractivity contribution in [2.75, 3.05) is 11.1 Å². The van der Waals surface area contributed by atoms with Crippen molar-refractivity contribution < 1.29 is 4.79 Å². The van der Waals surface area contributed by atoms with Crippen LogP contribution >= 0.6 is 34.4 Å². The van der Waals surface area contributed by atoms with Crippen molar-refractivity contribution in [1.29, 1.82) is 0 Å². The normalized spacial score (nSPS) is 11.0. The molecule has 0 bridgehead atoms. The van der Waals surface area contributed by atoms with Crippen molar-refractivity contribution >= 4 is 55.6 Å². The Labute approximate surface area is 140 Å². The van der Waals surface area contributed by atoms with Crippen molar-refractivity contribution in [3.8, 4) is 0 Å². The molecule has 8 heteroatoms. The number of amides is 1. The first-order chi connectivity index (χ1) is 10.5. The lowest BCUT2D eigenvalue weighted by molar-refractivity contribution is -0.113. The third-order valence-corrected chi connectivity index (χ3v) is 5.91. The van der Waals surface area contributed by atoms with Gasteiger partial charge in [0.15, 0.2) is 0 Å². The molecule has 0 atom stereocenters. The van der Waals surface area contributed by atoms with Gasteiger partial charge in [0.05, 0.1) is 17.5 Å². The molecule has 0 saturated carbocycles. The number of aryl methyl sites for hydroxylation is 3. The van der Waals surface area contributed by atoms with E-state index in [1.54, 1.807) is 23.0 Å². The first kappa shape index (κ1) is 15.4. The molecule has 1 N–H and O–H groups in total. The molecule has 0 aromatic carbocycles. The summed E-state index contributed by atoms with van der Waals surface area (Å²) < 4.78 is 0. The lowest BCUT2D eigenvalue weighted by Crippen LogP contribution is -2.13. The van der Waals surface area contributed by atoms with Gasteiger partial charge in [-0.2, -0.15) is 0 Å². The van der Waals surface area contributed by atoms with Crippen LogP contribution in [0.15, 0.2) is 16.7 Å². The summed E-state index contributed by atoms with van der Waals surface area (Å²) in [6.07, 6.45) is 1.65. The Morgan fingerprint density at radius 2 is 2.14 bits per heavy atom. The predicted molar refractivity (Wildman–Crippen MR) is 93.1 cm³/mol. The molecule has 0 aliphatic carbocycles. The number of fused-ring (bicyclic) bond motifs is 1. The lowest BCUT2D eigenvalue weighted by Gasteiger charge is -2.05. The van der Waals surface area contributed by atoms with Gasteiger partial charge in [0.1, 0.15) is 20.7 Å². The minimum Gasteiger partial charge on any atom is -0.316 e. The summed E-state index contributed by atoms with van der Waals surface area (Å²) in [5, 5.41) is 5.54. The number of aromatic nitrogens is 3. The number of rotatable bonds is 4. The van der Waals surface area contributed by atoms with Gasteiger partial charge in [-0.25, -0.2) is 9.97 Å². The smallest absolute Gasteiger partial charge is 0.235 e. The average molecular weight is 350 g/mol. The van der Waals surface area contributed by atoms with E-state index >= 15 is 0 Å². The third-order valence-electron chi connectivity index (χ3n) is 3.14. The van der Waals surface area contributed by atoms with Crippen LogP contribution in [0.2, 0.25) is 0 Å². The summed E-state index contributed by atoms with van der Waals surface area (Å²) in [5.74, 6) is 1.00. The van der Waals surface area contributed by atoms with E-state index in [1.165, 1.54) is 33.5 Å². The molecule has 1 amide bonds. The topological polar surface area (TPSA) is 67.8 Å². The summed E-state index contributed by atoms with van der Waals surface area (Å²) in [6, 6.07) is 0. The third kappa shape index (κ3) is 3.13. The number of hydrogen-bond acceptors (Lipinski definition) is 7. The molecule has 3 aromatic rings. The van der Waals surface area contributed by atoms with Crippen molar-refractivity contribution in [3.63, 3.8) is 0 Å². The fourth-order valence-electron chi connectivity index (χ4n) is 2.00. The van der Waals surface area contributed by atoms with E-state index in [2.05, 4.69) is 34.1 Å². The van der Waals surface area contributed by atoms with Gasteiger partial charge >= 0.3 is 0 Å². The van der Waals surface area contributed by atoms with E-state index in [9.17, 15) is 4.79 Å². The van der Waals surface area contributed by atoms with Crippen LogP contribution in [-0.4, -0.2) is 26.6 Å². The summed E-state index contributed by atoms with van der Waals surface area (Å²) in [7, 11) is 0. The Morgan fingerprint density at radius 1 is 1.32 bits per heavy atom. The van der Waals surface area contributed by atoms with Gasteiger partial charge in [0, 0.05) is 10.3 Å². The number of nitrogens with zero attached hydrogens (tertiary/aromatic N) is 3. The molecular weight excluding hydrogens is 336 g/mol. The van der Waals surface area contributed by atoms with Gasteiger partial charge in [0.2, 0.25) is 5.91 Å². The Kier molecular flexibility index (Phi) is 4.42. The van der Waals surface area contributed by atoms with E-state index in [4.69, 9.17) is 0 Å². The number of thioether (sulfide) groups is 1. The van der Waals surface area contributed by atoms with Crippen LogP contribution < -0.4 is 5.32 Å². The van der Waals surface area contributed by atoms with E-state index in [-0.39, 0.29) is 5.91 Å². The minimum atomic E-state index is -0.0525. The Bertz CT molecular complexity index is 826. The molecule has 3 aromatic heterocycles. The van der Waals surface area contributed by atoms with E-state index in [1.807, 2.05) is 6.92 Å². The van der Waals surface area contributed by atoms with Gasteiger partial charge in [-0.3, -0.25) is 9.78 Å². The highest BCUT2D eigenvalue weighted by Crippen LogP contribution is 2.35. The molecule has 5 nitrogen and oxygen atoms in total.